The number of amidine groups is 1. The molecule has 0 fully saturated rings. The Kier molecular flexibility index (Phi) is 7.55. The van der Waals surface area contributed by atoms with Gasteiger partial charge in [-0.3, -0.25) is 4.99 Å². The van der Waals surface area contributed by atoms with Crippen molar-refractivity contribution in [3.8, 4) is 0 Å². The van der Waals surface area contributed by atoms with Crippen LogP contribution in [0.4, 0.5) is 0 Å². The Bertz CT molecular complexity index is 473. The lowest BCUT2D eigenvalue weighted by Gasteiger charge is -2.17. The van der Waals surface area contributed by atoms with Crippen molar-refractivity contribution in [3.63, 3.8) is 0 Å². The number of rotatable bonds is 6. The summed E-state index contributed by atoms with van der Waals surface area (Å²) in [5.74, 6) is 0.860. The topological polar surface area (TPSA) is 44.6 Å². The van der Waals surface area contributed by atoms with Crippen molar-refractivity contribution in [2.45, 2.75) is 33.6 Å². The molecule has 0 unspecified atom stereocenters. The smallest absolute Gasteiger partial charge is 0.133 e. The number of hydrogen-bond acceptors (Lipinski definition) is 2. The first-order chi connectivity index (χ1) is 9.67. The van der Waals surface area contributed by atoms with Gasteiger partial charge in [0.15, 0.2) is 0 Å². The van der Waals surface area contributed by atoms with Crippen molar-refractivity contribution in [2.24, 2.45) is 4.99 Å². The van der Waals surface area contributed by atoms with Crippen LogP contribution in [0.2, 0.25) is 0 Å². The number of halogens is 1. The number of aliphatic hydroxyl groups is 1. The van der Waals surface area contributed by atoms with Crippen molar-refractivity contribution in [1.82, 2.24) is 5.32 Å². The van der Waals surface area contributed by atoms with Crippen molar-refractivity contribution < 1.29 is 5.11 Å². The average Bonchev–Trinajstić information content (AvgIpc) is 2.46. The first kappa shape index (κ1) is 16.9. The number of hydrogen-bond donors (Lipinski definition) is 2. The van der Waals surface area contributed by atoms with E-state index < -0.39 is 0 Å². The van der Waals surface area contributed by atoms with Gasteiger partial charge in [0.05, 0.1) is 11.2 Å². The second-order valence-corrected chi connectivity index (χ2v) is 5.20. The van der Waals surface area contributed by atoms with Gasteiger partial charge >= 0.3 is 0 Å². The summed E-state index contributed by atoms with van der Waals surface area (Å²) in [7, 11) is 0. The Morgan fingerprint density at radius 1 is 1.25 bits per heavy atom. The molecule has 4 heteroatoms. The van der Waals surface area contributed by atoms with Gasteiger partial charge in [-0.1, -0.05) is 32.0 Å². The molecule has 0 atom stereocenters. The van der Waals surface area contributed by atoms with Crippen molar-refractivity contribution in [3.05, 3.63) is 45.6 Å². The van der Waals surface area contributed by atoms with E-state index >= 15 is 0 Å². The molecule has 1 rings (SSSR count). The summed E-state index contributed by atoms with van der Waals surface area (Å²) in [5.41, 5.74) is 3.75. The molecule has 0 aliphatic heterocycles. The van der Waals surface area contributed by atoms with E-state index in [1.165, 1.54) is 16.7 Å². The Morgan fingerprint density at radius 3 is 2.30 bits per heavy atom. The summed E-state index contributed by atoms with van der Waals surface area (Å²) < 4.78 is 0.736. The standard InChI is InChI=1S/C16H23BrN2O/c1-4-12-8-7-9-13(5-2)15(12)16(18-6-3)19-14(17)10-11-20/h7-10,20H,4-6,11H2,1-3H3,(H,18,19)/b14-10+. The number of aryl methyl sites for hydroxylation is 2. The Balaban J connectivity index is 3.28. The van der Waals surface area contributed by atoms with E-state index in [9.17, 15) is 0 Å². The van der Waals surface area contributed by atoms with Crippen LogP contribution in [0.3, 0.4) is 0 Å². The molecule has 0 aliphatic rings. The average molecular weight is 339 g/mol. The predicted molar refractivity (Wildman–Crippen MR) is 89.5 cm³/mol. The van der Waals surface area contributed by atoms with Gasteiger partial charge in [0.2, 0.25) is 0 Å². The molecule has 1 aromatic carbocycles. The van der Waals surface area contributed by atoms with Crippen LogP contribution in [0.5, 0.6) is 0 Å². The minimum Gasteiger partial charge on any atom is -0.392 e. The van der Waals surface area contributed by atoms with Gasteiger partial charge in [-0.2, -0.15) is 0 Å². The molecule has 1 aromatic rings. The first-order valence-corrected chi connectivity index (χ1v) is 7.86. The molecule has 20 heavy (non-hydrogen) atoms. The van der Waals surface area contributed by atoms with Crippen LogP contribution in [0, 0.1) is 0 Å². The van der Waals surface area contributed by atoms with Crippen LogP contribution < -0.4 is 5.32 Å². The fourth-order valence-corrected chi connectivity index (χ4v) is 2.46. The van der Waals surface area contributed by atoms with E-state index in [1.807, 2.05) is 6.92 Å². The Labute approximate surface area is 129 Å². The number of aliphatic hydroxyl groups excluding tert-OH is 1. The molecule has 3 nitrogen and oxygen atoms in total. The molecule has 0 bridgehead atoms. The molecule has 0 aromatic heterocycles. The highest BCUT2D eigenvalue weighted by atomic mass is 79.9. The number of nitrogens with zero attached hydrogens (tertiary/aromatic N) is 1. The highest BCUT2D eigenvalue weighted by Gasteiger charge is 2.13. The maximum Gasteiger partial charge on any atom is 0.133 e. The number of aliphatic imine (C=N–C) groups is 1. The molecular weight excluding hydrogens is 316 g/mol. The van der Waals surface area contributed by atoms with Crippen molar-refractivity contribution in [2.75, 3.05) is 13.2 Å². The summed E-state index contributed by atoms with van der Waals surface area (Å²) in [6.45, 7) is 7.03. The van der Waals surface area contributed by atoms with Gasteiger partial charge < -0.3 is 10.4 Å². The summed E-state index contributed by atoms with van der Waals surface area (Å²) in [5, 5.41) is 12.2. The van der Waals surface area contributed by atoms with Crippen molar-refractivity contribution in [1.29, 1.82) is 0 Å². The third kappa shape index (κ3) is 4.46. The van der Waals surface area contributed by atoms with Gasteiger partial charge in [0.25, 0.3) is 0 Å². The van der Waals surface area contributed by atoms with Gasteiger partial charge in [-0.15, -0.1) is 0 Å². The molecule has 110 valence electrons. The Morgan fingerprint density at radius 2 is 1.85 bits per heavy atom. The highest BCUT2D eigenvalue weighted by molar-refractivity contribution is 9.11. The molecule has 0 radical (unpaired) electrons. The molecule has 0 saturated heterocycles. The van der Waals surface area contributed by atoms with Gasteiger partial charge in [0, 0.05) is 12.1 Å². The molecule has 0 spiro atoms. The fourth-order valence-electron chi connectivity index (χ4n) is 2.13. The molecule has 2 N–H and O–H groups in total. The zero-order valence-corrected chi connectivity index (χ0v) is 14.0. The van der Waals surface area contributed by atoms with Crippen LogP contribution in [0.25, 0.3) is 0 Å². The van der Waals surface area contributed by atoms with Gasteiger partial charge in [0.1, 0.15) is 5.84 Å². The SMILES string of the molecule is CCN=C(N/C(Br)=C/CO)c1c(CC)cccc1CC. The van der Waals surface area contributed by atoms with Crippen LogP contribution in [0.1, 0.15) is 37.5 Å². The second-order valence-electron chi connectivity index (χ2n) is 4.34. The van der Waals surface area contributed by atoms with Crippen LogP contribution >= 0.6 is 15.9 Å². The van der Waals surface area contributed by atoms with E-state index in [1.54, 1.807) is 6.08 Å². The zero-order chi connectivity index (χ0) is 15.0. The minimum atomic E-state index is -0.0109. The summed E-state index contributed by atoms with van der Waals surface area (Å²) >= 11 is 3.41. The summed E-state index contributed by atoms with van der Waals surface area (Å²) in [4.78, 5) is 4.59. The lowest BCUT2D eigenvalue weighted by Crippen LogP contribution is -2.25. The lowest BCUT2D eigenvalue weighted by molar-refractivity contribution is 0.342. The molecule has 0 heterocycles. The fraction of sp³-hybridized carbons (Fsp3) is 0.438. The summed E-state index contributed by atoms with van der Waals surface area (Å²) in [6, 6.07) is 6.39. The molecule has 0 amide bonds. The second kappa shape index (κ2) is 8.93. The lowest BCUT2D eigenvalue weighted by atomic mass is 9.96. The maximum absolute atomic E-state index is 8.97. The monoisotopic (exact) mass is 338 g/mol. The number of benzene rings is 1. The van der Waals surface area contributed by atoms with Crippen LogP contribution in [-0.2, 0) is 12.8 Å². The predicted octanol–water partition coefficient (Wildman–Crippen LogP) is 3.40. The molecular formula is C16H23BrN2O. The van der Waals surface area contributed by atoms with E-state index in [-0.39, 0.29) is 6.61 Å². The van der Waals surface area contributed by atoms with E-state index in [0.29, 0.717) is 6.54 Å². The maximum atomic E-state index is 8.97. The minimum absolute atomic E-state index is 0.0109. The quantitative estimate of drug-likeness (QED) is 0.474. The largest absolute Gasteiger partial charge is 0.392 e. The Hall–Kier alpha value is -1.13. The zero-order valence-electron chi connectivity index (χ0n) is 12.4. The van der Waals surface area contributed by atoms with E-state index in [0.717, 1.165) is 23.3 Å². The van der Waals surface area contributed by atoms with E-state index in [4.69, 9.17) is 5.11 Å². The van der Waals surface area contributed by atoms with E-state index in [2.05, 4.69) is 58.3 Å². The normalized spacial score (nSPS) is 12.7. The number of nitrogens with one attached hydrogen (secondary N) is 1. The van der Waals surface area contributed by atoms with Gasteiger partial charge in [-0.25, -0.2) is 0 Å². The molecule has 0 aliphatic carbocycles. The highest BCUT2D eigenvalue weighted by Crippen LogP contribution is 2.18. The van der Waals surface area contributed by atoms with Gasteiger partial charge in [-0.05, 0) is 52.9 Å². The third-order valence-electron chi connectivity index (χ3n) is 3.06. The summed E-state index contributed by atoms with van der Waals surface area (Å²) in [6.07, 6.45) is 3.61. The third-order valence-corrected chi connectivity index (χ3v) is 3.58. The first-order valence-electron chi connectivity index (χ1n) is 7.06. The van der Waals surface area contributed by atoms with Crippen molar-refractivity contribution >= 4 is 21.8 Å². The van der Waals surface area contributed by atoms with Crippen LogP contribution in [0.15, 0.2) is 33.9 Å². The van der Waals surface area contributed by atoms with Crippen LogP contribution in [-0.4, -0.2) is 24.1 Å². The molecule has 0 saturated carbocycles.